The predicted molar refractivity (Wildman–Crippen MR) is 107 cm³/mol. The highest BCUT2D eigenvalue weighted by Gasteiger charge is 2.42. The van der Waals surface area contributed by atoms with Crippen molar-refractivity contribution < 1.29 is 29.0 Å². The van der Waals surface area contributed by atoms with Gasteiger partial charge < -0.3 is 14.6 Å². The van der Waals surface area contributed by atoms with E-state index in [1.54, 1.807) is 13.8 Å². The van der Waals surface area contributed by atoms with Gasteiger partial charge in [-0.3, -0.25) is 19.8 Å². The van der Waals surface area contributed by atoms with Gasteiger partial charge in [0.05, 0.1) is 11.3 Å². The molecule has 0 aliphatic carbocycles. The van der Waals surface area contributed by atoms with Crippen LogP contribution < -0.4 is 15.0 Å². The van der Waals surface area contributed by atoms with Crippen molar-refractivity contribution in [1.82, 2.24) is 10.2 Å². The quantitative estimate of drug-likeness (QED) is 0.735. The van der Waals surface area contributed by atoms with Crippen LogP contribution in [-0.2, 0) is 14.3 Å². The van der Waals surface area contributed by atoms with Crippen LogP contribution in [0.3, 0.4) is 0 Å². The first-order valence-electron chi connectivity index (χ1n) is 9.38. The minimum absolute atomic E-state index is 0.0133. The first-order valence-corrected chi connectivity index (χ1v) is 10.2. The van der Waals surface area contributed by atoms with Gasteiger partial charge in [0.15, 0.2) is 5.60 Å². The van der Waals surface area contributed by atoms with Gasteiger partial charge in [-0.2, -0.15) is 0 Å². The molecule has 11 heteroatoms. The molecule has 4 rings (SSSR count). The summed E-state index contributed by atoms with van der Waals surface area (Å²) in [7, 11) is 0. The third-order valence-electron chi connectivity index (χ3n) is 4.82. The Hall–Kier alpha value is -3.05. The van der Waals surface area contributed by atoms with E-state index < -0.39 is 23.4 Å². The zero-order valence-electron chi connectivity index (χ0n) is 16.4. The Labute approximate surface area is 175 Å². The van der Waals surface area contributed by atoms with Crippen molar-refractivity contribution in [3.63, 3.8) is 0 Å². The summed E-state index contributed by atoms with van der Waals surface area (Å²) in [6, 6.07) is 4.19. The number of nitrogens with one attached hydrogen (secondary N) is 1. The summed E-state index contributed by atoms with van der Waals surface area (Å²) in [5.41, 5.74) is -0.986. The number of aromatic nitrogens is 2. The molecule has 1 aromatic heterocycles. The molecule has 3 heterocycles. The summed E-state index contributed by atoms with van der Waals surface area (Å²) in [5, 5.41) is 21.0. The van der Waals surface area contributed by atoms with Crippen LogP contribution in [0.4, 0.5) is 10.8 Å². The number of fused-ring (bicyclic) bond motifs is 1. The van der Waals surface area contributed by atoms with E-state index in [-0.39, 0.29) is 23.9 Å². The van der Waals surface area contributed by atoms with Gasteiger partial charge in [0, 0.05) is 6.61 Å². The second kappa shape index (κ2) is 7.65. The van der Waals surface area contributed by atoms with Crippen LogP contribution in [0.15, 0.2) is 18.2 Å². The predicted octanol–water partition coefficient (Wildman–Crippen LogP) is 2.23. The smallest absolute Gasteiger partial charge is 0.335 e. The number of carbonyl (C=O) groups is 3. The Morgan fingerprint density at radius 3 is 2.87 bits per heavy atom. The minimum Gasteiger partial charge on any atom is -0.478 e. The highest BCUT2D eigenvalue weighted by atomic mass is 32.1. The fraction of sp³-hybridized carbons (Fsp3) is 0.421. The Balaban J connectivity index is 1.54. The maximum absolute atomic E-state index is 12.9. The highest BCUT2D eigenvalue weighted by Crippen LogP contribution is 2.38. The molecular formula is C19H20N4O6S. The molecule has 1 fully saturated rings. The topological polar surface area (TPSA) is 131 Å². The molecule has 158 valence electrons. The summed E-state index contributed by atoms with van der Waals surface area (Å²) in [5.74, 6) is -1.75. The minimum atomic E-state index is -1.20. The maximum Gasteiger partial charge on any atom is 0.335 e. The Morgan fingerprint density at radius 2 is 2.17 bits per heavy atom. The second-order valence-corrected chi connectivity index (χ2v) is 8.50. The second-order valence-electron chi connectivity index (χ2n) is 7.49. The van der Waals surface area contributed by atoms with Gasteiger partial charge in [-0.1, -0.05) is 11.3 Å². The lowest BCUT2D eigenvalue weighted by molar-refractivity contribution is -0.133. The van der Waals surface area contributed by atoms with Crippen LogP contribution in [0.5, 0.6) is 5.75 Å². The van der Waals surface area contributed by atoms with Gasteiger partial charge in [0.2, 0.25) is 11.0 Å². The molecule has 2 aliphatic rings. The maximum atomic E-state index is 12.9. The first kappa shape index (κ1) is 20.2. The van der Waals surface area contributed by atoms with E-state index in [0.717, 1.165) is 12.8 Å². The number of carboxylic acid groups (broad SMARTS) is 1. The fourth-order valence-electron chi connectivity index (χ4n) is 3.35. The standard InChI is InChI=1S/C19H20N4O6S/c1-19(2)17(27)23(11-8-10(16(25)26)5-6-12(11)29-19)9-14(24)20-18-22-21-15(30-18)13-4-3-7-28-13/h5-6,8,13H,3-4,7,9H2,1-2H3,(H,25,26)(H,20,22,24). The van der Waals surface area contributed by atoms with Gasteiger partial charge in [-0.15, -0.1) is 10.2 Å². The van der Waals surface area contributed by atoms with E-state index in [4.69, 9.17) is 9.47 Å². The molecule has 30 heavy (non-hydrogen) atoms. The van der Waals surface area contributed by atoms with Crippen LogP contribution in [-0.4, -0.2) is 51.8 Å². The zero-order chi connectivity index (χ0) is 21.5. The summed E-state index contributed by atoms with van der Waals surface area (Å²) < 4.78 is 11.3. The third kappa shape index (κ3) is 3.85. The van der Waals surface area contributed by atoms with Crippen LogP contribution in [0.1, 0.15) is 48.2 Å². The number of rotatable bonds is 5. The number of hydrogen-bond donors (Lipinski definition) is 2. The zero-order valence-corrected chi connectivity index (χ0v) is 17.2. The number of anilines is 2. The normalized spacial score (nSPS) is 19.9. The molecule has 1 unspecified atom stereocenters. The molecule has 10 nitrogen and oxygen atoms in total. The van der Waals surface area contributed by atoms with Crippen LogP contribution in [0.25, 0.3) is 0 Å². The van der Waals surface area contributed by atoms with E-state index in [9.17, 15) is 19.5 Å². The van der Waals surface area contributed by atoms with E-state index in [2.05, 4.69) is 15.5 Å². The van der Waals surface area contributed by atoms with Crippen molar-refractivity contribution in [3.8, 4) is 5.75 Å². The van der Waals surface area contributed by atoms with Gasteiger partial charge in [0.1, 0.15) is 23.4 Å². The van der Waals surface area contributed by atoms with Gasteiger partial charge in [0.25, 0.3) is 5.91 Å². The lowest BCUT2D eigenvalue weighted by Crippen LogP contribution is -2.54. The molecule has 0 radical (unpaired) electrons. The molecule has 1 saturated heterocycles. The van der Waals surface area contributed by atoms with Gasteiger partial charge >= 0.3 is 5.97 Å². The van der Waals surface area contributed by atoms with Crippen molar-refractivity contribution in [2.45, 2.75) is 38.4 Å². The number of carbonyl (C=O) groups excluding carboxylic acids is 2. The SMILES string of the molecule is CC1(C)Oc2ccc(C(=O)O)cc2N(CC(=O)Nc2nnc(C3CCCO3)s2)C1=O. The first-order chi connectivity index (χ1) is 14.2. The summed E-state index contributed by atoms with van der Waals surface area (Å²) in [4.78, 5) is 38.1. The van der Waals surface area contributed by atoms with Crippen molar-refractivity contribution in [1.29, 1.82) is 0 Å². The Bertz CT molecular complexity index is 1010. The highest BCUT2D eigenvalue weighted by molar-refractivity contribution is 7.15. The molecule has 2 amide bonds. The molecule has 1 aromatic carbocycles. The third-order valence-corrected chi connectivity index (χ3v) is 5.75. The van der Waals surface area contributed by atoms with E-state index >= 15 is 0 Å². The Morgan fingerprint density at radius 1 is 1.37 bits per heavy atom. The number of benzene rings is 1. The number of ether oxygens (including phenoxy) is 2. The van der Waals surface area contributed by atoms with E-state index in [0.29, 0.717) is 22.5 Å². The largest absolute Gasteiger partial charge is 0.478 e. The fourth-order valence-corrected chi connectivity index (χ4v) is 4.19. The molecule has 1 atom stereocenters. The molecule has 2 aliphatic heterocycles. The van der Waals surface area contributed by atoms with Gasteiger partial charge in [-0.05, 0) is 44.9 Å². The molecule has 2 aromatic rings. The van der Waals surface area contributed by atoms with Crippen LogP contribution in [0.2, 0.25) is 0 Å². The van der Waals surface area contributed by atoms with Crippen LogP contribution >= 0.6 is 11.3 Å². The monoisotopic (exact) mass is 432 g/mol. The van der Waals surface area contributed by atoms with Crippen molar-refractivity contribution >= 4 is 39.9 Å². The average Bonchev–Trinajstić information content (AvgIpc) is 3.36. The molecule has 0 saturated carbocycles. The number of aromatic carboxylic acids is 1. The Kier molecular flexibility index (Phi) is 5.16. The van der Waals surface area contributed by atoms with E-state index in [1.165, 1.54) is 34.4 Å². The molecular weight excluding hydrogens is 412 g/mol. The summed E-state index contributed by atoms with van der Waals surface area (Å²) >= 11 is 1.23. The summed E-state index contributed by atoms with van der Waals surface area (Å²) in [6.45, 7) is 3.54. The number of carboxylic acids is 1. The van der Waals surface area contributed by atoms with Crippen LogP contribution in [0, 0.1) is 0 Å². The molecule has 2 N–H and O–H groups in total. The van der Waals surface area contributed by atoms with Crippen molar-refractivity contribution in [3.05, 3.63) is 28.8 Å². The van der Waals surface area contributed by atoms with Gasteiger partial charge in [-0.25, -0.2) is 4.79 Å². The van der Waals surface area contributed by atoms with Crippen molar-refractivity contribution in [2.24, 2.45) is 0 Å². The number of amides is 2. The molecule has 0 bridgehead atoms. The number of hydrogen-bond acceptors (Lipinski definition) is 8. The molecule has 0 spiro atoms. The van der Waals surface area contributed by atoms with Crippen molar-refractivity contribution in [2.75, 3.05) is 23.4 Å². The lowest BCUT2D eigenvalue weighted by atomic mass is 10.0. The number of nitrogens with zero attached hydrogens (tertiary/aromatic N) is 3. The lowest BCUT2D eigenvalue weighted by Gasteiger charge is -2.38. The summed E-state index contributed by atoms with van der Waals surface area (Å²) in [6.07, 6.45) is 1.72. The average molecular weight is 432 g/mol. The van der Waals surface area contributed by atoms with E-state index in [1.807, 2.05) is 0 Å².